The summed E-state index contributed by atoms with van der Waals surface area (Å²) in [6, 6.07) is 10.2. The number of nitrogens with zero attached hydrogens (tertiary/aromatic N) is 3. The lowest BCUT2D eigenvalue weighted by atomic mass is 9.94. The SMILES string of the molecule is CC(C)(C)c1cnc(CN2CCCN(C(=O)CCc3ccccc3)CC2)o1. The van der Waals surface area contributed by atoms with Gasteiger partial charge in [0.05, 0.1) is 12.7 Å². The number of carbonyl (C=O) groups excluding carboxylic acids is 1. The fraction of sp³-hybridized carbons (Fsp3) is 0.545. The minimum atomic E-state index is -0.0218. The van der Waals surface area contributed by atoms with Crippen LogP contribution in [0.1, 0.15) is 50.8 Å². The number of aryl methyl sites for hydroxylation is 1. The lowest BCUT2D eigenvalue weighted by Crippen LogP contribution is -2.35. The molecule has 27 heavy (non-hydrogen) atoms. The average molecular weight is 370 g/mol. The summed E-state index contributed by atoms with van der Waals surface area (Å²) in [6.07, 6.45) is 4.22. The van der Waals surface area contributed by atoms with Gasteiger partial charge < -0.3 is 9.32 Å². The smallest absolute Gasteiger partial charge is 0.222 e. The quantitative estimate of drug-likeness (QED) is 0.807. The molecule has 0 radical (unpaired) electrons. The monoisotopic (exact) mass is 369 g/mol. The van der Waals surface area contributed by atoms with E-state index in [0.29, 0.717) is 13.0 Å². The highest BCUT2D eigenvalue weighted by atomic mass is 16.4. The molecule has 0 spiro atoms. The highest BCUT2D eigenvalue weighted by molar-refractivity contribution is 5.76. The molecule has 0 aliphatic carbocycles. The summed E-state index contributed by atoms with van der Waals surface area (Å²) in [5.41, 5.74) is 1.20. The van der Waals surface area contributed by atoms with Gasteiger partial charge in [-0.05, 0) is 18.4 Å². The molecule has 0 unspecified atom stereocenters. The number of rotatable bonds is 5. The fourth-order valence-electron chi connectivity index (χ4n) is 3.35. The molecule has 1 amide bonds. The molecule has 146 valence electrons. The first kappa shape index (κ1) is 19.6. The number of hydrogen-bond acceptors (Lipinski definition) is 4. The lowest BCUT2D eigenvalue weighted by Gasteiger charge is -2.21. The topological polar surface area (TPSA) is 49.6 Å². The normalized spacial score (nSPS) is 16.3. The van der Waals surface area contributed by atoms with Crippen LogP contribution in [0.25, 0.3) is 0 Å². The van der Waals surface area contributed by atoms with Crippen LogP contribution in [0.15, 0.2) is 40.9 Å². The van der Waals surface area contributed by atoms with Crippen LogP contribution in [0.5, 0.6) is 0 Å². The zero-order valence-corrected chi connectivity index (χ0v) is 16.8. The lowest BCUT2D eigenvalue weighted by molar-refractivity contribution is -0.131. The third-order valence-electron chi connectivity index (χ3n) is 5.06. The Morgan fingerprint density at radius 2 is 1.89 bits per heavy atom. The Labute approximate surface area is 162 Å². The van der Waals surface area contributed by atoms with Crippen molar-refractivity contribution < 1.29 is 9.21 Å². The van der Waals surface area contributed by atoms with Gasteiger partial charge in [0, 0.05) is 38.0 Å². The molecule has 1 saturated heterocycles. The third-order valence-corrected chi connectivity index (χ3v) is 5.06. The fourth-order valence-corrected chi connectivity index (χ4v) is 3.35. The highest BCUT2D eigenvalue weighted by Gasteiger charge is 2.22. The van der Waals surface area contributed by atoms with Crippen molar-refractivity contribution in [3.05, 3.63) is 53.7 Å². The molecule has 1 aliphatic rings. The van der Waals surface area contributed by atoms with Crippen molar-refractivity contribution in [3.63, 3.8) is 0 Å². The van der Waals surface area contributed by atoms with Crippen LogP contribution < -0.4 is 0 Å². The van der Waals surface area contributed by atoms with Crippen molar-refractivity contribution in [2.24, 2.45) is 0 Å². The van der Waals surface area contributed by atoms with Crippen molar-refractivity contribution >= 4 is 5.91 Å². The Hall–Kier alpha value is -2.14. The Kier molecular flexibility index (Phi) is 6.32. The second-order valence-corrected chi connectivity index (χ2v) is 8.36. The Morgan fingerprint density at radius 3 is 2.59 bits per heavy atom. The van der Waals surface area contributed by atoms with Crippen molar-refractivity contribution in [2.45, 2.75) is 52.0 Å². The Balaban J connectivity index is 1.48. The molecule has 0 atom stereocenters. The van der Waals surface area contributed by atoms with Gasteiger partial charge in [-0.1, -0.05) is 51.1 Å². The predicted molar refractivity (Wildman–Crippen MR) is 106 cm³/mol. The number of amides is 1. The summed E-state index contributed by atoms with van der Waals surface area (Å²) < 4.78 is 5.92. The van der Waals surface area contributed by atoms with Gasteiger partial charge >= 0.3 is 0 Å². The summed E-state index contributed by atoms with van der Waals surface area (Å²) in [6.45, 7) is 10.5. The van der Waals surface area contributed by atoms with Crippen molar-refractivity contribution in [1.29, 1.82) is 0 Å². The standard InChI is InChI=1S/C22H31N3O2/c1-22(2,3)19-16-23-20(27-19)17-24-12-7-13-25(15-14-24)21(26)11-10-18-8-5-4-6-9-18/h4-6,8-9,16H,7,10-15,17H2,1-3H3. The zero-order chi connectivity index (χ0) is 19.3. The molecular weight excluding hydrogens is 338 g/mol. The van der Waals surface area contributed by atoms with Crippen molar-refractivity contribution in [2.75, 3.05) is 26.2 Å². The van der Waals surface area contributed by atoms with E-state index >= 15 is 0 Å². The van der Waals surface area contributed by atoms with Crippen molar-refractivity contribution in [1.82, 2.24) is 14.8 Å². The van der Waals surface area contributed by atoms with Gasteiger partial charge in [-0.25, -0.2) is 4.98 Å². The van der Waals surface area contributed by atoms with E-state index in [1.807, 2.05) is 29.3 Å². The second-order valence-electron chi connectivity index (χ2n) is 8.36. The number of aromatic nitrogens is 1. The minimum absolute atomic E-state index is 0.0218. The van der Waals surface area contributed by atoms with E-state index < -0.39 is 0 Å². The van der Waals surface area contributed by atoms with Crippen LogP contribution in [0.3, 0.4) is 0 Å². The van der Waals surface area contributed by atoms with Gasteiger partial charge in [0.15, 0.2) is 0 Å². The van der Waals surface area contributed by atoms with E-state index in [4.69, 9.17) is 4.42 Å². The van der Waals surface area contributed by atoms with Gasteiger partial charge in [0.1, 0.15) is 5.76 Å². The van der Waals surface area contributed by atoms with E-state index in [2.05, 4.69) is 42.8 Å². The molecule has 5 heteroatoms. The highest BCUT2D eigenvalue weighted by Crippen LogP contribution is 2.23. The minimum Gasteiger partial charge on any atom is -0.444 e. The van der Waals surface area contributed by atoms with Crippen LogP contribution in [0.2, 0.25) is 0 Å². The molecule has 1 aromatic heterocycles. The summed E-state index contributed by atoms with van der Waals surface area (Å²) >= 11 is 0. The van der Waals surface area contributed by atoms with Crippen LogP contribution in [0.4, 0.5) is 0 Å². The first-order valence-electron chi connectivity index (χ1n) is 9.91. The van der Waals surface area contributed by atoms with Gasteiger partial charge in [-0.15, -0.1) is 0 Å². The molecular formula is C22H31N3O2. The first-order valence-corrected chi connectivity index (χ1v) is 9.91. The molecule has 0 bridgehead atoms. The van der Waals surface area contributed by atoms with E-state index in [1.165, 1.54) is 5.56 Å². The zero-order valence-electron chi connectivity index (χ0n) is 16.8. The molecule has 2 heterocycles. The van der Waals surface area contributed by atoms with E-state index in [9.17, 15) is 4.79 Å². The predicted octanol–water partition coefficient (Wildman–Crippen LogP) is 3.64. The number of oxazole rings is 1. The second kappa shape index (κ2) is 8.70. The summed E-state index contributed by atoms with van der Waals surface area (Å²) in [4.78, 5) is 21.4. The van der Waals surface area contributed by atoms with E-state index in [0.717, 1.165) is 50.7 Å². The number of hydrogen-bond donors (Lipinski definition) is 0. The summed E-state index contributed by atoms with van der Waals surface area (Å²) in [5, 5.41) is 0. The largest absolute Gasteiger partial charge is 0.444 e. The number of benzene rings is 1. The molecule has 1 fully saturated rings. The Morgan fingerprint density at radius 1 is 1.11 bits per heavy atom. The summed E-state index contributed by atoms with van der Waals surface area (Å²) in [5.74, 6) is 1.95. The molecule has 0 N–H and O–H groups in total. The maximum atomic E-state index is 12.6. The van der Waals surface area contributed by atoms with Crippen molar-refractivity contribution in [3.8, 4) is 0 Å². The average Bonchev–Trinajstić information content (AvgIpc) is 3.00. The molecule has 1 aliphatic heterocycles. The maximum Gasteiger partial charge on any atom is 0.222 e. The van der Waals surface area contributed by atoms with Gasteiger partial charge in [-0.2, -0.15) is 0 Å². The van der Waals surface area contributed by atoms with Gasteiger partial charge in [0.25, 0.3) is 0 Å². The number of carbonyl (C=O) groups is 1. The van der Waals surface area contributed by atoms with Gasteiger partial charge in [0.2, 0.25) is 11.8 Å². The van der Waals surface area contributed by atoms with Crippen LogP contribution in [0, 0.1) is 0 Å². The van der Waals surface area contributed by atoms with Crippen LogP contribution in [-0.2, 0) is 23.2 Å². The Bertz CT molecular complexity index is 734. The van der Waals surface area contributed by atoms with Crippen LogP contribution >= 0.6 is 0 Å². The molecule has 0 saturated carbocycles. The van der Waals surface area contributed by atoms with E-state index in [1.54, 1.807) is 0 Å². The molecule has 3 rings (SSSR count). The van der Waals surface area contributed by atoms with E-state index in [-0.39, 0.29) is 11.3 Å². The van der Waals surface area contributed by atoms with Crippen LogP contribution in [-0.4, -0.2) is 46.9 Å². The maximum absolute atomic E-state index is 12.6. The molecule has 1 aromatic carbocycles. The summed E-state index contributed by atoms with van der Waals surface area (Å²) in [7, 11) is 0. The first-order chi connectivity index (χ1) is 12.9. The van der Waals surface area contributed by atoms with Gasteiger partial charge in [-0.3, -0.25) is 9.69 Å². The third kappa shape index (κ3) is 5.67. The molecule has 2 aromatic rings. The molecule has 5 nitrogen and oxygen atoms in total.